The molecule has 0 aliphatic heterocycles. The number of hydrogen-bond acceptors (Lipinski definition) is 3. The third-order valence-electron chi connectivity index (χ3n) is 2.64. The van der Waals surface area contributed by atoms with E-state index in [2.05, 4.69) is 18.8 Å². The van der Waals surface area contributed by atoms with Gasteiger partial charge in [-0.05, 0) is 18.8 Å². The molecule has 1 atom stereocenters. The van der Waals surface area contributed by atoms with Crippen molar-refractivity contribution in [3.63, 3.8) is 0 Å². The van der Waals surface area contributed by atoms with Gasteiger partial charge in [0.15, 0.2) is 5.75 Å². The van der Waals surface area contributed by atoms with E-state index in [4.69, 9.17) is 4.74 Å². The van der Waals surface area contributed by atoms with Crippen LogP contribution in [0.25, 0.3) is 0 Å². The first-order valence-electron chi connectivity index (χ1n) is 6.72. The molecule has 1 rings (SSSR count). The maximum absolute atomic E-state index is 11.8. The number of rotatable bonds is 8. The van der Waals surface area contributed by atoms with Gasteiger partial charge in [0.1, 0.15) is 0 Å². The van der Waals surface area contributed by atoms with E-state index in [0.717, 1.165) is 12.8 Å². The third-order valence-corrected chi connectivity index (χ3v) is 3.96. The number of aromatic amines is 1. The molecular formula is C14H23NO3S. The van der Waals surface area contributed by atoms with Crippen LogP contribution in [0, 0.1) is 5.92 Å². The van der Waals surface area contributed by atoms with E-state index in [1.165, 1.54) is 6.07 Å². The molecule has 0 spiro atoms. The van der Waals surface area contributed by atoms with E-state index in [0.29, 0.717) is 35.5 Å². The van der Waals surface area contributed by atoms with Gasteiger partial charge in [0.25, 0.3) is 0 Å². The lowest BCUT2D eigenvalue weighted by Gasteiger charge is -2.07. The summed E-state index contributed by atoms with van der Waals surface area (Å²) >= 11 is 0. The zero-order chi connectivity index (χ0) is 14.3. The molecule has 0 aromatic carbocycles. The Labute approximate surface area is 117 Å². The molecule has 0 aliphatic rings. The second-order valence-corrected chi connectivity index (χ2v) is 6.58. The first-order chi connectivity index (χ1) is 9.02. The Hall–Kier alpha value is -1.10. The summed E-state index contributed by atoms with van der Waals surface area (Å²) < 4.78 is 17.1. The molecule has 108 valence electrons. The summed E-state index contributed by atoms with van der Waals surface area (Å²) in [4.78, 5) is 14.7. The highest BCUT2D eigenvalue weighted by Gasteiger charge is 2.07. The first kappa shape index (κ1) is 16.0. The van der Waals surface area contributed by atoms with Gasteiger partial charge in [-0.25, -0.2) is 0 Å². The molecular weight excluding hydrogens is 262 g/mol. The van der Waals surface area contributed by atoms with Gasteiger partial charge >= 0.3 is 0 Å². The Morgan fingerprint density at radius 3 is 2.74 bits per heavy atom. The number of ether oxygens (including phenoxy) is 1. The molecule has 1 aromatic heterocycles. The number of pyridine rings is 1. The smallest absolute Gasteiger partial charge is 0.223 e. The van der Waals surface area contributed by atoms with Crippen molar-refractivity contribution in [2.75, 3.05) is 12.4 Å². The highest BCUT2D eigenvalue weighted by atomic mass is 32.2. The Morgan fingerprint density at radius 2 is 2.16 bits per heavy atom. The maximum atomic E-state index is 11.8. The normalized spacial score (nSPS) is 12.6. The molecule has 4 nitrogen and oxygen atoms in total. The molecule has 0 radical (unpaired) electrons. The highest BCUT2D eigenvalue weighted by molar-refractivity contribution is 7.84. The monoisotopic (exact) mass is 285 g/mol. The highest BCUT2D eigenvalue weighted by Crippen LogP contribution is 2.07. The topological polar surface area (TPSA) is 59.2 Å². The average Bonchev–Trinajstić information content (AvgIpc) is 2.35. The summed E-state index contributed by atoms with van der Waals surface area (Å²) in [6, 6.07) is 1.48. The van der Waals surface area contributed by atoms with Gasteiger partial charge in [-0.15, -0.1) is 0 Å². The average molecular weight is 285 g/mol. The molecule has 0 amide bonds. The van der Waals surface area contributed by atoms with Crippen LogP contribution in [0.15, 0.2) is 17.1 Å². The molecule has 5 heteroatoms. The molecule has 1 unspecified atom stereocenters. The summed E-state index contributed by atoms with van der Waals surface area (Å²) in [6.45, 7) is 6.74. The van der Waals surface area contributed by atoms with Gasteiger partial charge in [0.05, 0.1) is 12.4 Å². The lowest BCUT2D eigenvalue weighted by molar-refractivity contribution is 0.313. The molecule has 0 bridgehead atoms. The molecule has 1 N–H and O–H groups in total. The van der Waals surface area contributed by atoms with Crippen molar-refractivity contribution in [2.24, 2.45) is 5.92 Å². The van der Waals surface area contributed by atoms with Crippen molar-refractivity contribution >= 4 is 10.8 Å². The van der Waals surface area contributed by atoms with Gasteiger partial charge in [-0.2, -0.15) is 0 Å². The lowest BCUT2D eigenvalue weighted by Crippen LogP contribution is -2.12. The molecule has 19 heavy (non-hydrogen) atoms. The number of nitrogens with one attached hydrogen (secondary N) is 1. The zero-order valence-electron chi connectivity index (χ0n) is 11.9. The van der Waals surface area contributed by atoms with Crippen LogP contribution in [0.1, 0.15) is 39.3 Å². The third kappa shape index (κ3) is 6.05. The van der Waals surface area contributed by atoms with E-state index >= 15 is 0 Å². The Morgan fingerprint density at radius 1 is 1.42 bits per heavy atom. The molecule has 0 fully saturated rings. The van der Waals surface area contributed by atoms with Crippen LogP contribution in [0.4, 0.5) is 0 Å². The van der Waals surface area contributed by atoms with E-state index in [-0.39, 0.29) is 5.43 Å². The summed E-state index contributed by atoms with van der Waals surface area (Å²) in [7, 11) is -0.923. The molecule has 0 saturated heterocycles. The minimum absolute atomic E-state index is 0.150. The number of hydrogen-bond donors (Lipinski definition) is 1. The van der Waals surface area contributed by atoms with Crippen LogP contribution in [-0.4, -0.2) is 21.6 Å². The van der Waals surface area contributed by atoms with Crippen molar-refractivity contribution in [2.45, 2.75) is 39.4 Å². The fraction of sp³-hybridized carbons (Fsp3) is 0.643. The van der Waals surface area contributed by atoms with Crippen molar-refractivity contribution in [3.05, 3.63) is 28.2 Å². The number of aromatic nitrogens is 1. The van der Waals surface area contributed by atoms with E-state index in [1.807, 2.05) is 6.92 Å². The number of H-pyrrole nitrogens is 1. The minimum Gasteiger partial charge on any atom is -0.488 e. The van der Waals surface area contributed by atoms with Crippen molar-refractivity contribution in [3.8, 4) is 5.75 Å². The summed E-state index contributed by atoms with van der Waals surface area (Å²) in [6.07, 6.45) is 3.36. The van der Waals surface area contributed by atoms with E-state index < -0.39 is 10.8 Å². The fourth-order valence-electron chi connectivity index (χ4n) is 1.52. The second kappa shape index (κ2) is 8.15. The predicted molar refractivity (Wildman–Crippen MR) is 79.0 cm³/mol. The molecule has 1 aromatic rings. The van der Waals surface area contributed by atoms with E-state index in [9.17, 15) is 9.00 Å². The van der Waals surface area contributed by atoms with Gasteiger partial charge in [-0.1, -0.05) is 20.8 Å². The Balaban J connectivity index is 2.58. The fourth-order valence-corrected chi connectivity index (χ4v) is 2.91. The van der Waals surface area contributed by atoms with Crippen LogP contribution >= 0.6 is 0 Å². The van der Waals surface area contributed by atoms with Gasteiger partial charge in [0.2, 0.25) is 5.43 Å². The minimum atomic E-state index is -0.923. The second-order valence-electron chi connectivity index (χ2n) is 5.01. The van der Waals surface area contributed by atoms with Crippen LogP contribution in [-0.2, 0) is 16.6 Å². The largest absolute Gasteiger partial charge is 0.488 e. The Bertz CT molecular complexity index is 468. The van der Waals surface area contributed by atoms with Crippen LogP contribution in [0.5, 0.6) is 5.75 Å². The van der Waals surface area contributed by atoms with Crippen LogP contribution in [0.2, 0.25) is 0 Å². The lowest BCUT2D eigenvalue weighted by atomic mass is 10.2. The van der Waals surface area contributed by atoms with Crippen LogP contribution < -0.4 is 10.2 Å². The molecule has 0 aliphatic carbocycles. The maximum Gasteiger partial charge on any atom is 0.223 e. The standard InChI is InChI=1S/C14H23NO3S/c1-4-6-18-14-9-15-12(8-13(14)16)10-19(17)7-5-11(2)3/h8-9,11H,4-7,10H2,1-3H3,(H,15,16). The predicted octanol–water partition coefficient (Wildman–Crippen LogP) is 2.46. The summed E-state index contributed by atoms with van der Waals surface area (Å²) in [5, 5.41) is 0. The summed E-state index contributed by atoms with van der Waals surface area (Å²) in [5.74, 6) is 1.95. The van der Waals surface area contributed by atoms with Gasteiger partial charge in [0, 0.05) is 34.5 Å². The van der Waals surface area contributed by atoms with Crippen molar-refractivity contribution < 1.29 is 8.95 Å². The quantitative estimate of drug-likeness (QED) is 0.798. The zero-order valence-corrected chi connectivity index (χ0v) is 12.7. The first-order valence-corrected chi connectivity index (χ1v) is 8.21. The van der Waals surface area contributed by atoms with Crippen LogP contribution in [0.3, 0.4) is 0 Å². The summed E-state index contributed by atoms with van der Waals surface area (Å²) in [5.41, 5.74) is 0.555. The van der Waals surface area contributed by atoms with Gasteiger partial charge < -0.3 is 9.72 Å². The Kier molecular flexibility index (Phi) is 6.84. The molecule has 0 saturated carbocycles. The van der Waals surface area contributed by atoms with Gasteiger partial charge in [-0.3, -0.25) is 9.00 Å². The van der Waals surface area contributed by atoms with Crippen molar-refractivity contribution in [1.82, 2.24) is 4.98 Å². The van der Waals surface area contributed by atoms with Crippen molar-refractivity contribution in [1.29, 1.82) is 0 Å². The molecule has 1 heterocycles. The van der Waals surface area contributed by atoms with E-state index in [1.54, 1.807) is 6.20 Å². The SMILES string of the molecule is CCCOc1c[nH]c(CS(=O)CCC(C)C)cc1=O.